The molecule has 1 amide bonds. The van der Waals surface area contributed by atoms with Crippen molar-refractivity contribution in [2.45, 2.75) is 13.0 Å². The van der Waals surface area contributed by atoms with Gasteiger partial charge in [-0.2, -0.15) is 0 Å². The summed E-state index contributed by atoms with van der Waals surface area (Å²) in [4.78, 5) is 18.6. The first-order valence-electron chi connectivity index (χ1n) is 7.21. The fraction of sp³-hybridized carbons (Fsp3) is 0.375. The minimum atomic E-state index is -0.497. The van der Waals surface area contributed by atoms with Gasteiger partial charge in [0.05, 0.1) is 24.4 Å². The summed E-state index contributed by atoms with van der Waals surface area (Å²) in [6.45, 7) is 3.15. The maximum absolute atomic E-state index is 13.8. The van der Waals surface area contributed by atoms with Crippen LogP contribution in [0.3, 0.4) is 0 Å². The van der Waals surface area contributed by atoms with Gasteiger partial charge >= 0.3 is 0 Å². The summed E-state index contributed by atoms with van der Waals surface area (Å²) in [7, 11) is 1.90. The van der Waals surface area contributed by atoms with E-state index in [-0.39, 0.29) is 17.6 Å². The highest BCUT2D eigenvalue weighted by Gasteiger charge is 2.29. The van der Waals surface area contributed by atoms with Gasteiger partial charge in [-0.15, -0.1) is 0 Å². The first-order valence-corrected chi connectivity index (χ1v) is 7.21. The maximum Gasteiger partial charge on any atom is 0.257 e. The summed E-state index contributed by atoms with van der Waals surface area (Å²) in [5.74, 6) is -0.0238. The molecule has 1 aliphatic rings. The largest absolute Gasteiger partial charge is 0.367 e. The number of morpholine rings is 1. The average Bonchev–Trinajstić information content (AvgIpc) is 2.86. The van der Waals surface area contributed by atoms with Crippen LogP contribution in [0, 0.1) is 12.7 Å². The number of amides is 1. The van der Waals surface area contributed by atoms with E-state index in [4.69, 9.17) is 4.74 Å². The molecule has 116 valence electrons. The molecule has 2 aromatic rings. The molecule has 0 radical (unpaired) electrons. The third kappa shape index (κ3) is 2.74. The molecule has 0 unspecified atom stereocenters. The van der Waals surface area contributed by atoms with Crippen molar-refractivity contribution in [1.29, 1.82) is 0 Å². The number of carbonyl (C=O) groups is 1. The van der Waals surface area contributed by atoms with Gasteiger partial charge in [0.25, 0.3) is 5.91 Å². The fourth-order valence-corrected chi connectivity index (χ4v) is 2.73. The zero-order chi connectivity index (χ0) is 15.7. The number of nitrogens with zero attached hydrogens (tertiary/aromatic N) is 3. The Morgan fingerprint density at radius 3 is 2.86 bits per heavy atom. The minimum absolute atomic E-state index is 0.0965. The summed E-state index contributed by atoms with van der Waals surface area (Å²) in [5, 5.41) is 0. The van der Waals surface area contributed by atoms with Gasteiger partial charge in [-0.1, -0.05) is 12.1 Å². The van der Waals surface area contributed by atoms with E-state index in [0.717, 1.165) is 11.5 Å². The first-order chi connectivity index (χ1) is 10.6. The second-order valence-corrected chi connectivity index (χ2v) is 5.44. The molecular formula is C16H18FN3O2. The number of ether oxygens (including phenoxy) is 1. The lowest BCUT2D eigenvalue weighted by Gasteiger charge is -2.32. The highest BCUT2D eigenvalue weighted by Crippen LogP contribution is 2.23. The molecular weight excluding hydrogens is 285 g/mol. The molecule has 1 aromatic carbocycles. The van der Waals surface area contributed by atoms with Gasteiger partial charge in [-0.25, -0.2) is 9.37 Å². The van der Waals surface area contributed by atoms with E-state index in [1.54, 1.807) is 17.0 Å². The van der Waals surface area contributed by atoms with Gasteiger partial charge in [-0.05, 0) is 19.1 Å². The van der Waals surface area contributed by atoms with Crippen molar-refractivity contribution < 1.29 is 13.9 Å². The monoisotopic (exact) mass is 303 g/mol. The Hall–Kier alpha value is -2.21. The number of hydrogen-bond acceptors (Lipinski definition) is 3. The second-order valence-electron chi connectivity index (χ2n) is 5.44. The van der Waals surface area contributed by atoms with Gasteiger partial charge in [0.2, 0.25) is 0 Å². The molecule has 1 saturated heterocycles. The number of imidazole rings is 1. The molecule has 5 nitrogen and oxygen atoms in total. The zero-order valence-electron chi connectivity index (χ0n) is 12.6. The molecule has 22 heavy (non-hydrogen) atoms. The fourth-order valence-electron chi connectivity index (χ4n) is 2.73. The number of aromatic nitrogens is 2. The van der Waals surface area contributed by atoms with Crippen LogP contribution in [0.15, 0.2) is 30.5 Å². The number of benzene rings is 1. The Kier molecular flexibility index (Phi) is 3.94. The average molecular weight is 303 g/mol. The molecule has 2 heterocycles. The number of aryl methyl sites for hydroxylation is 2. The van der Waals surface area contributed by atoms with Crippen LogP contribution >= 0.6 is 0 Å². The van der Waals surface area contributed by atoms with Crippen LogP contribution in [0.4, 0.5) is 4.39 Å². The Balaban J connectivity index is 1.80. The van der Waals surface area contributed by atoms with Crippen molar-refractivity contribution in [1.82, 2.24) is 14.5 Å². The second kappa shape index (κ2) is 5.88. The minimum Gasteiger partial charge on any atom is -0.367 e. The number of rotatable bonds is 2. The van der Waals surface area contributed by atoms with Gasteiger partial charge < -0.3 is 14.2 Å². The quantitative estimate of drug-likeness (QED) is 0.853. The van der Waals surface area contributed by atoms with Crippen molar-refractivity contribution in [3.05, 3.63) is 53.4 Å². The lowest BCUT2D eigenvalue weighted by Crippen LogP contribution is -2.43. The van der Waals surface area contributed by atoms with Gasteiger partial charge in [-0.3, -0.25) is 4.79 Å². The van der Waals surface area contributed by atoms with E-state index in [9.17, 15) is 9.18 Å². The van der Waals surface area contributed by atoms with E-state index >= 15 is 0 Å². The molecule has 0 N–H and O–H groups in total. The molecule has 0 saturated carbocycles. The maximum atomic E-state index is 13.8. The predicted molar refractivity (Wildman–Crippen MR) is 78.9 cm³/mol. The van der Waals surface area contributed by atoms with Crippen LogP contribution < -0.4 is 0 Å². The van der Waals surface area contributed by atoms with Gasteiger partial charge in [0.1, 0.15) is 17.7 Å². The molecule has 0 aliphatic carbocycles. The van der Waals surface area contributed by atoms with Gasteiger partial charge in [0.15, 0.2) is 0 Å². The van der Waals surface area contributed by atoms with Crippen molar-refractivity contribution in [2.75, 3.05) is 19.7 Å². The van der Waals surface area contributed by atoms with Crippen LogP contribution in [-0.2, 0) is 11.8 Å². The Labute approximate surface area is 128 Å². The highest BCUT2D eigenvalue weighted by molar-refractivity contribution is 5.94. The SMILES string of the molecule is Cc1cn(C)c([C@@H]2CN(C(=O)c3ccccc3F)CCO2)n1. The molecule has 6 heteroatoms. The lowest BCUT2D eigenvalue weighted by molar-refractivity contribution is -0.0280. The highest BCUT2D eigenvalue weighted by atomic mass is 19.1. The van der Waals surface area contributed by atoms with Crippen molar-refractivity contribution in [3.63, 3.8) is 0 Å². The molecule has 1 atom stereocenters. The van der Waals surface area contributed by atoms with Crippen molar-refractivity contribution in [3.8, 4) is 0 Å². The van der Waals surface area contributed by atoms with Crippen molar-refractivity contribution in [2.24, 2.45) is 7.05 Å². The molecule has 1 aliphatic heterocycles. The van der Waals surface area contributed by atoms with Gasteiger partial charge in [0, 0.05) is 19.8 Å². The van der Waals surface area contributed by atoms with Crippen LogP contribution in [0.1, 0.15) is 28.0 Å². The smallest absolute Gasteiger partial charge is 0.257 e. The summed E-state index contributed by atoms with van der Waals surface area (Å²) >= 11 is 0. The van der Waals surface area contributed by atoms with E-state index in [2.05, 4.69) is 4.98 Å². The lowest BCUT2D eigenvalue weighted by atomic mass is 10.1. The Bertz CT molecular complexity index is 698. The molecule has 0 bridgehead atoms. The van der Waals surface area contributed by atoms with E-state index in [1.165, 1.54) is 12.1 Å². The predicted octanol–water partition coefficient (Wildman–Crippen LogP) is 2.08. The topological polar surface area (TPSA) is 47.4 Å². The number of hydrogen-bond donors (Lipinski definition) is 0. The molecule has 1 fully saturated rings. The van der Waals surface area contributed by atoms with E-state index in [0.29, 0.717) is 19.7 Å². The van der Waals surface area contributed by atoms with Crippen molar-refractivity contribution >= 4 is 5.91 Å². The van der Waals surface area contributed by atoms with Crippen LogP contribution in [0.25, 0.3) is 0 Å². The normalized spacial score (nSPS) is 18.5. The third-order valence-electron chi connectivity index (χ3n) is 3.78. The summed E-state index contributed by atoms with van der Waals surface area (Å²) in [5.41, 5.74) is 0.998. The summed E-state index contributed by atoms with van der Waals surface area (Å²) in [6.07, 6.45) is 1.62. The molecule has 0 spiro atoms. The number of halogens is 1. The van der Waals surface area contributed by atoms with E-state index < -0.39 is 5.82 Å². The van der Waals surface area contributed by atoms with Crippen LogP contribution in [0.5, 0.6) is 0 Å². The van der Waals surface area contributed by atoms with E-state index in [1.807, 2.05) is 24.7 Å². The number of carbonyl (C=O) groups excluding carboxylic acids is 1. The van der Waals surface area contributed by atoms with Crippen LogP contribution in [0.2, 0.25) is 0 Å². The summed E-state index contributed by atoms with van der Waals surface area (Å²) in [6, 6.07) is 6.04. The molecule has 3 rings (SSSR count). The first kappa shape index (κ1) is 14.7. The zero-order valence-corrected chi connectivity index (χ0v) is 12.6. The Morgan fingerprint density at radius 2 is 2.18 bits per heavy atom. The summed E-state index contributed by atoms with van der Waals surface area (Å²) < 4.78 is 21.4. The van der Waals surface area contributed by atoms with Crippen LogP contribution in [-0.4, -0.2) is 40.1 Å². The standard InChI is InChI=1S/C16H18FN3O2/c1-11-9-19(2)15(18-11)14-10-20(7-8-22-14)16(21)12-5-3-4-6-13(12)17/h3-6,9,14H,7-8,10H2,1-2H3/t14-/m0/s1. The molecule has 1 aromatic heterocycles. The third-order valence-corrected chi connectivity index (χ3v) is 3.78. The Morgan fingerprint density at radius 1 is 1.41 bits per heavy atom.